The Bertz CT molecular complexity index is 286. The van der Waals surface area contributed by atoms with Crippen LogP contribution in [-0.4, -0.2) is 63.1 Å². The number of hydrogen-bond acceptors (Lipinski definition) is 6. The van der Waals surface area contributed by atoms with Crippen LogP contribution in [0.2, 0.25) is 0 Å². The van der Waals surface area contributed by atoms with Gasteiger partial charge in [-0.1, -0.05) is 6.92 Å². The van der Waals surface area contributed by atoms with E-state index in [2.05, 4.69) is 17.7 Å². The number of carbonyl (C=O) groups excluding carboxylic acids is 1. The van der Waals surface area contributed by atoms with Crippen molar-refractivity contribution < 1.29 is 14.3 Å². The van der Waals surface area contributed by atoms with Gasteiger partial charge in [0.1, 0.15) is 0 Å². The number of ether oxygens (including phenoxy) is 2. The summed E-state index contributed by atoms with van der Waals surface area (Å²) in [6, 6.07) is 0. The molecule has 1 aliphatic rings. The van der Waals surface area contributed by atoms with Crippen LogP contribution in [0, 0.1) is 0 Å². The number of hydrogen-bond donors (Lipinski definition) is 2. The quantitative estimate of drug-likeness (QED) is 0.397. The van der Waals surface area contributed by atoms with E-state index in [1.165, 1.54) is 0 Å². The van der Waals surface area contributed by atoms with E-state index in [-0.39, 0.29) is 0 Å². The smallest absolute Gasteiger partial charge is 0.207 e. The molecule has 0 saturated heterocycles. The van der Waals surface area contributed by atoms with E-state index in [1.54, 1.807) is 0 Å². The van der Waals surface area contributed by atoms with Crippen LogP contribution in [0.25, 0.3) is 0 Å². The predicted octanol–water partition coefficient (Wildman–Crippen LogP) is -0.316. The monoisotopic (exact) mass is 272 g/mol. The average Bonchev–Trinajstić information content (AvgIpc) is 2.76. The van der Waals surface area contributed by atoms with Gasteiger partial charge in [-0.25, -0.2) is 0 Å². The highest BCUT2D eigenvalue weighted by Crippen LogP contribution is 2.06. The van der Waals surface area contributed by atoms with Crippen molar-refractivity contribution >= 4 is 6.41 Å². The highest BCUT2D eigenvalue weighted by atomic mass is 16.5. The number of hydrazine groups is 2. The maximum atomic E-state index is 10.2. The highest BCUT2D eigenvalue weighted by Gasteiger charge is 2.16. The van der Waals surface area contributed by atoms with Crippen LogP contribution in [-0.2, 0) is 14.3 Å². The lowest BCUT2D eigenvalue weighted by Crippen LogP contribution is -2.41. The van der Waals surface area contributed by atoms with E-state index in [1.807, 2.05) is 23.4 Å². The van der Waals surface area contributed by atoms with Crippen molar-refractivity contribution in [3.05, 3.63) is 11.9 Å². The van der Waals surface area contributed by atoms with E-state index < -0.39 is 0 Å². The summed E-state index contributed by atoms with van der Waals surface area (Å²) < 4.78 is 10.8. The minimum absolute atomic E-state index is 0.496. The molecule has 0 atom stereocenters. The van der Waals surface area contributed by atoms with E-state index in [0.29, 0.717) is 32.8 Å². The molecular weight excluding hydrogens is 248 g/mol. The van der Waals surface area contributed by atoms with Crippen molar-refractivity contribution in [2.75, 3.05) is 46.6 Å². The van der Waals surface area contributed by atoms with Gasteiger partial charge in [-0.05, 0) is 6.42 Å². The van der Waals surface area contributed by atoms with E-state index in [9.17, 15) is 4.79 Å². The van der Waals surface area contributed by atoms with Crippen molar-refractivity contribution in [2.45, 2.75) is 13.3 Å². The number of nitrogens with one attached hydrogen (secondary N) is 2. The standard InChI is InChI=1S/C12H24N4O3/c1-3-5-18-7-8-19-6-4-16-10-12(9-13-11-17)14-15(16)2/h10-11,14H,3-9H2,1-2H3,(H,13,17). The third-order valence-corrected chi connectivity index (χ3v) is 2.56. The SMILES string of the molecule is CCCOCCOCCN1C=C(CNC=O)NN1C. The van der Waals surface area contributed by atoms with Gasteiger partial charge in [-0.2, -0.15) is 0 Å². The molecule has 1 aliphatic heterocycles. The summed E-state index contributed by atoms with van der Waals surface area (Å²) in [4.78, 5) is 10.2. The third kappa shape index (κ3) is 6.42. The minimum atomic E-state index is 0.496. The van der Waals surface area contributed by atoms with Gasteiger partial charge in [-0.15, -0.1) is 5.12 Å². The van der Waals surface area contributed by atoms with Crippen molar-refractivity contribution in [2.24, 2.45) is 0 Å². The molecule has 0 saturated carbocycles. The van der Waals surface area contributed by atoms with Crippen molar-refractivity contribution in [1.82, 2.24) is 20.9 Å². The Labute approximate surface area is 114 Å². The number of carbonyl (C=O) groups is 1. The Morgan fingerprint density at radius 3 is 2.74 bits per heavy atom. The lowest BCUT2D eigenvalue weighted by molar-refractivity contribution is -0.109. The third-order valence-electron chi connectivity index (χ3n) is 2.56. The molecule has 1 amide bonds. The number of nitrogens with zero attached hydrogens (tertiary/aromatic N) is 2. The summed E-state index contributed by atoms with van der Waals surface area (Å²) in [6.45, 7) is 6.02. The van der Waals surface area contributed by atoms with Gasteiger partial charge in [0.15, 0.2) is 0 Å². The second kappa shape index (κ2) is 9.60. The molecule has 0 spiro atoms. The maximum absolute atomic E-state index is 10.2. The van der Waals surface area contributed by atoms with Gasteiger partial charge in [0.2, 0.25) is 6.41 Å². The first kappa shape index (κ1) is 15.7. The summed E-state index contributed by atoms with van der Waals surface area (Å²) in [5.74, 6) is 0. The first-order valence-electron chi connectivity index (χ1n) is 6.58. The molecule has 110 valence electrons. The van der Waals surface area contributed by atoms with Crippen LogP contribution in [0.1, 0.15) is 13.3 Å². The summed E-state index contributed by atoms with van der Waals surface area (Å²) >= 11 is 0. The molecule has 1 rings (SSSR count). The zero-order valence-electron chi connectivity index (χ0n) is 11.7. The van der Waals surface area contributed by atoms with E-state index in [0.717, 1.165) is 25.3 Å². The number of amides is 1. The molecule has 1 heterocycles. The number of rotatable bonds is 11. The molecule has 7 heteroatoms. The first-order valence-corrected chi connectivity index (χ1v) is 6.58. The Morgan fingerprint density at radius 1 is 1.32 bits per heavy atom. The van der Waals surface area contributed by atoms with Gasteiger partial charge in [-0.3, -0.25) is 9.80 Å². The van der Waals surface area contributed by atoms with Gasteiger partial charge in [0.05, 0.1) is 38.6 Å². The fourth-order valence-corrected chi connectivity index (χ4v) is 1.64. The largest absolute Gasteiger partial charge is 0.379 e. The first-order chi connectivity index (χ1) is 9.27. The Morgan fingerprint density at radius 2 is 2.05 bits per heavy atom. The fraction of sp³-hybridized carbons (Fsp3) is 0.750. The van der Waals surface area contributed by atoms with Crippen molar-refractivity contribution in [3.8, 4) is 0 Å². The molecule has 2 N–H and O–H groups in total. The van der Waals surface area contributed by atoms with Crippen LogP contribution in [0.5, 0.6) is 0 Å². The van der Waals surface area contributed by atoms with Crippen LogP contribution >= 0.6 is 0 Å². The van der Waals surface area contributed by atoms with Gasteiger partial charge in [0, 0.05) is 19.9 Å². The molecule has 0 unspecified atom stereocenters. The van der Waals surface area contributed by atoms with Gasteiger partial charge >= 0.3 is 0 Å². The Kier molecular flexibility index (Phi) is 7.95. The van der Waals surface area contributed by atoms with Crippen LogP contribution in [0.3, 0.4) is 0 Å². The molecule has 0 radical (unpaired) electrons. The zero-order chi connectivity index (χ0) is 13.9. The van der Waals surface area contributed by atoms with E-state index in [4.69, 9.17) is 9.47 Å². The normalized spacial score (nSPS) is 15.3. The van der Waals surface area contributed by atoms with Gasteiger partial charge in [0.25, 0.3) is 0 Å². The van der Waals surface area contributed by atoms with Crippen LogP contribution < -0.4 is 10.7 Å². The summed E-state index contributed by atoms with van der Waals surface area (Å²) in [7, 11) is 1.91. The average molecular weight is 272 g/mol. The van der Waals surface area contributed by atoms with Crippen LogP contribution in [0.4, 0.5) is 0 Å². The van der Waals surface area contributed by atoms with E-state index >= 15 is 0 Å². The second-order valence-electron chi connectivity index (χ2n) is 4.18. The molecule has 0 aromatic heterocycles. The van der Waals surface area contributed by atoms with Crippen molar-refractivity contribution in [1.29, 1.82) is 0 Å². The highest BCUT2D eigenvalue weighted by molar-refractivity contribution is 5.46. The fourth-order valence-electron chi connectivity index (χ4n) is 1.64. The topological polar surface area (TPSA) is 66.1 Å². The predicted molar refractivity (Wildman–Crippen MR) is 71.7 cm³/mol. The molecule has 0 fully saturated rings. The molecule has 7 nitrogen and oxygen atoms in total. The molecule has 0 bridgehead atoms. The van der Waals surface area contributed by atoms with Gasteiger partial charge < -0.3 is 20.2 Å². The lowest BCUT2D eigenvalue weighted by atomic mass is 10.5. The molecule has 19 heavy (non-hydrogen) atoms. The maximum Gasteiger partial charge on any atom is 0.207 e. The van der Waals surface area contributed by atoms with Crippen LogP contribution in [0.15, 0.2) is 11.9 Å². The molecular formula is C12H24N4O3. The minimum Gasteiger partial charge on any atom is -0.379 e. The van der Waals surface area contributed by atoms with Crippen molar-refractivity contribution in [3.63, 3.8) is 0 Å². The molecule has 0 aromatic rings. The summed E-state index contributed by atoms with van der Waals surface area (Å²) in [5, 5.41) is 6.47. The Balaban J connectivity index is 2.08. The summed E-state index contributed by atoms with van der Waals surface area (Å²) in [5.41, 5.74) is 4.07. The molecule has 0 aromatic carbocycles. The molecule has 0 aliphatic carbocycles. The summed E-state index contributed by atoms with van der Waals surface area (Å²) in [6.07, 6.45) is 3.67. The second-order valence-corrected chi connectivity index (χ2v) is 4.18. The Hall–Kier alpha value is -1.31. The lowest BCUT2D eigenvalue weighted by Gasteiger charge is -2.24. The zero-order valence-corrected chi connectivity index (χ0v) is 11.7.